The van der Waals surface area contributed by atoms with E-state index in [1.165, 1.54) is 11.6 Å². The van der Waals surface area contributed by atoms with E-state index in [0.717, 1.165) is 32.4 Å². The van der Waals surface area contributed by atoms with Gasteiger partial charge in [0.1, 0.15) is 5.82 Å². The Labute approximate surface area is 130 Å². The maximum atomic E-state index is 14.1. The molecule has 3 heteroatoms. The highest BCUT2D eigenvalue weighted by Crippen LogP contribution is 2.27. The van der Waals surface area contributed by atoms with E-state index in [9.17, 15) is 4.39 Å². The van der Waals surface area contributed by atoms with Gasteiger partial charge in [0, 0.05) is 13.1 Å². The molecule has 2 aromatic rings. The van der Waals surface area contributed by atoms with Crippen LogP contribution in [0.5, 0.6) is 0 Å². The average molecular weight is 294 g/mol. The number of benzene rings is 2. The van der Waals surface area contributed by atoms with Gasteiger partial charge in [-0.15, -0.1) is 0 Å². The first-order valence-corrected chi connectivity index (χ1v) is 7.75. The summed E-state index contributed by atoms with van der Waals surface area (Å²) in [6.07, 6.45) is 3.26. The highest BCUT2D eigenvalue weighted by Gasteiger charge is 2.21. The molecule has 0 N–H and O–H groups in total. The molecule has 0 bridgehead atoms. The van der Waals surface area contributed by atoms with Crippen LogP contribution < -0.4 is 4.90 Å². The van der Waals surface area contributed by atoms with Crippen LogP contribution in [0, 0.1) is 23.1 Å². The first-order valence-electron chi connectivity index (χ1n) is 7.75. The molecular weight excluding hydrogens is 275 g/mol. The molecule has 22 heavy (non-hydrogen) atoms. The van der Waals surface area contributed by atoms with Crippen LogP contribution in [0.2, 0.25) is 0 Å². The molecule has 2 aromatic carbocycles. The molecule has 0 saturated carbocycles. The highest BCUT2D eigenvalue weighted by molar-refractivity contribution is 5.51. The fourth-order valence-electron chi connectivity index (χ4n) is 3.16. The number of hydrogen-bond donors (Lipinski definition) is 0. The molecule has 0 unspecified atom stereocenters. The molecule has 0 atom stereocenters. The zero-order valence-electron chi connectivity index (χ0n) is 12.5. The van der Waals surface area contributed by atoms with Gasteiger partial charge in [-0.2, -0.15) is 5.26 Å². The SMILES string of the molecule is N#Cc1ccc(N2CCC(Cc3ccccc3)CC2)c(F)c1. The molecule has 0 radical (unpaired) electrons. The summed E-state index contributed by atoms with van der Waals surface area (Å²) in [5.74, 6) is 0.376. The fraction of sp³-hybridized carbons (Fsp3) is 0.316. The normalized spacial score (nSPS) is 15.5. The lowest BCUT2D eigenvalue weighted by atomic mass is 9.90. The maximum Gasteiger partial charge on any atom is 0.147 e. The molecule has 112 valence electrons. The van der Waals surface area contributed by atoms with E-state index in [1.54, 1.807) is 12.1 Å². The lowest BCUT2D eigenvalue weighted by molar-refractivity contribution is 0.401. The van der Waals surface area contributed by atoms with Gasteiger partial charge in [-0.1, -0.05) is 30.3 Å². The summed E-state index contributed by atoms with van der Waals surface area (Å²) in [7, 11) is 0. The van der Waals surface area contributed by atoms with Gasteiger partial charge in [0.05, 0.1) is 17.3 Å². The van der Waals surface area contributed by atoms with E-state index >= 15 is 0 Å². The predicted molar refractivity (Wildman–Crippen MR) is 86.2 cm³/mol. The van der Waals surface area contributed by atoms with Crippen molar-refractivity contribution in [3.8, 4) is 6.07 Å². The number of halogens is 1. The van der Waals surface area contributed by atoms with E-state index in [4.69, 9.17) is 5.26 Å². The van der Waals surface area contributed by atoms with E-state index in [-0.39, 0.29) is 5.82 Å². The number of hydrogen-bond acceptors (Lipinski definition) is 2. The Hall–Kier alpha value is -2.34. The van der Waals surface area contributed by atoms with E-state index in [2.05, 4.69) is 29.2 Å². The Bertz CT molecular complexity index is 668. The van der Waals surface area contributed by atoms with Crippen molar-refractivity contribution in [1.29, 1.82) is 5.26 Å². The summed E-state index contributed by atoms with van der Waals surface area (Å²) >= 11 is 0. The minimum Gasteiger partial charge on any atom is -0.369 e. The third-order valence-corrected chi connectivity index (χ3v) is 4.40. The number of piperidine rings is 1. The van der Waals surface area contributed by atoms with Crippen molar-refractivity contribution in [2.24, 2.45) is 5.92 Å². The summed E-state index contributed by atoms with van der Waals surface area (Å²) in [5, 5.41) is 8.81. The third kappa shape index (κ3) is 3.28. The van der Waals surface area contributed by atoms with Crippen LogP contribution in [0.3, 0.4) is 0 Å². The standard InChI is InChI=1S/C19H19FN2/c20-18-13-17(14-21)6-7-19(18)22-10-8-16(9-11-22)12-15-4-2-1-3-5-15/h1-7,13,16H,8-12H2. The summed E-state index contributed by atoms with van der Waals surface area (Å²) in [5.41, 5.74) is 2.38. The molecular formula is C19H19FN2. The van der Waals surface area contributed by atoms with E-state index in [1.807, 2.05) is 12.1 Å². The van der Waals surface area contributed by atoms with Crippen LogP contribution in [-0.2, 0) is 6.42 Å². The van der Waals surface area contributed by atoms with Gasteiger partial charge in [0.25, 0.3) is 0 Å². The second-order valence-electron chi connectivity index (χ2n) is 5.90. The molecule has 1 heterocycles. The molecule has 0 aliphatic carbocycles. The zero-order chi connectivity index (χ0) is 15.4. The Morgan fingerprint density at radius 3 is 2.45 bits per heavy atom. The topological polar surface area (TPSA) is 27.0 Å². The minimum absolute atomic E-state index is 0.291. The second-order valence-corrected chi connectivity index (χ2v) is 5.90. The predicted octanol–water partition coefficient (Wildman–Crippen LogP) is 4.16. The van der Waals surface area contributed by atoms with Crippen molar-refractivity contribution in [2.45, 2.75) is 19.3 Å². The molecule has 0 aromatic heterocycles. The molecule has 1 saturated heterocycles. The summed E-state index contributed by atoms with van der Waals surface area (Å²) in [6.45, 7) is 1.75. The van der Waals surface area contributed by atoms with Crippen molar-refractivity contribution in [1.82, 2.24) is 0 Å². The molecule has 0 amide bonds. The quantitative estimate of drug-likeness (QED) is 0.850. The largest absolute Gasteiger partial charge is 0.369 e. The van der Waals surface area contributed by atoms with Crippen LogP contribution in [0.25, 0.3) is 0 Å². The lowest BCUT2D eigenvalue weighted by Gasteiger charge is -2.34. The third-order valence-electron chi connectivity index (χ3n) is 4.40. The Morgan fingerprint density at radius 1 is 1.09 bits per heavy atom. The lowest BCUT2D eigenvalue weighted by Crippen LogP contribution is -2.34. The number of nitriles is 1. The highest BCUT2D eigenvalue weighted by atomic mass is 19.1. The Morgan fingerprint density at radius 2 is 1.82 bits per heavy atom. The first-order chi connectivity index (χ1) is 10.8. The molecule has 1 aliphatic heterocycles. The van der Waals surface area contributed by atoms with Crippen molar-refractivity contribution < 1.29 is 4.39 Å². The molecule has 2 nitrogen and oxygen atoms in total. The van der Waals surface area contributed by atoms with Gasteiger partial charge in [-0.25, -0.2) is 4.39 Å². The fourth-order valence-corrected chi connectivity index (χ4v) is 3.16. The van der Waals surface area contributed by atoms with E-state index < -0.39 is 0 Å². The summed E-state index contributed by atoms with van der Waals surface area (Å²) in [4.78, 5) is 2.10. The van der Waals surface area contributed by atoms with Gasteiger partial charge < -0.3 is 4.90 Å². The van der Waals surface area contributed by atoms with Crippen LogP contribution in [0.1, 0.15) is 24.0 Å². The zero-order valence-corrected chi connectivity index (χ0v) is 12.5. The van der Waals surface area contributed by atoms with Crippen LogP contribution in [0.15, 0.2) is 48.5 Å². The number of anilines is 1. The van der Waals surface area contributed by atoms with Gasteiger partial charge >= 0.3 is 0 Å². The van der Waals surface area contributed by atoms with Gasteiger partial charge in [0.15, 0.2) is 0 Å². The van der Waals surface area contributed by atoms with Gasteiger partial charge in [-0.05, 0) is 48.9 Å². The van der Waals surface area contributed by atoms with Crippen LogP contribution in [-0.4, -0.2) is 13.1 Å². The second kappa shape index (κ2) is 6.62. The summed E-state index contributed by atoms with van der Waals surface area (Å²) < 4.78 is 14.1. The summed E-state index contributed by atoms with van der Waals surface area (Å²) in [6, 6.07) is 17.3. The van der Waals surface area contributed by atoms with Crippen molar-refractivity contribution in [3.05, 3.63) is 65.5 Å². The smallest absolute Gasteiger partial charge is 0.147 e. The molecule has 1 fully saturated rings. The number of nitrogens with zero attached hydrogens (tertiary/aromatic N) is 2. The van der Waals surface area contributed by atoms with Crippen LogP contribution in [0.4, 0.5) is 10.1 Å². The average Bonchev–Trinajstić information content (AvgIpc) is 2.56. The Balaban J connectivity index is 1.61. The van der Waals surface area contributed by atoms with Crippen molar-refractivity contribution in [2.75, 3.05) is 18.0 Å². The monoisotopic (exact) mass is 294 g/mol. The Kier molecular flexibility index (Phi) is 4.39. The molecule has 3 rings (SSSR count). The molecule has 0 spiro atoms. The molecule has 1 aliphatic rings. The van der Waals surface area contributed by atoms with Gasteiger partial charge in [0.2, 0.25) is 0 Å². The van der Waals surface area contributed by atoms with Crippen molar-refractivity contribution in [3.63, 3.8) is 0 Å². The maximum absolute atomic E-state index is 14.1. The first kappa shape index (κ1) is 14.6. The van der Waals surface area contributed by atoms with Crippen LogP contribution >= 0.6 is 0 Å². The number of rotatable bonds is 3. The van der Waals surface area contributed by atoms with Crippen molar-refractivity contribution >= 4 is 5.69 Å². The minimum atomic E-state index is -0.291. The van der Waals surface area contributed by atoms with E-state index in [0.29, 0.717) is 17.2 Å². The van der Waals surface area contributed by atoms with Gasteiger partial charge in [-0.3, -0.25) is 0 Å².